The number of nitrogens with zero attached hydrogens (tertiary/aromatic N) is 2. The van der Waals surface area contributed by atoms with Crippen LogP contribution in [-0.2, 0) is 15.0 Å². The van der Waals surface area contributed by atoms with E-state index in [0.717, 1.165) is 31.5 Å². The lowest BCUT2D eigenvalue weighted by molar-refractivity contribution is -0.137. The van der Waals surface area contributed by atoms with Crippen LogP contribution in [0.15, 0.2) is 24.3 Å². The van der Waals surface area contributed by atoms with E-state index in [9.17, 15) is 14.4 Å². The number of para-hydroxylation sites is 1. The van der Waals surface area contributed by atoms with Crippen molar-refractivity contribution in [3.63, 3.8) is 0 Å². The van der Waals surface area contributed by atoms with Crippen molar-refractivity contribution in [1.29, 1.82) is 0 Å². The molecule has 0 atom stereocenters. The summed E-state index contributed by atoms with van der Waals surface area (Å²) < 4.78 is 0. The van der Waals surface area contributed by atoms with E-state index in [2.05, 4.69) is 10.2 Å². The van der Waals surface area contributed by atoms with Crippen LogP contribution < -0.4 is 10.2 Å². The van der Waals surface area contributed by atoms with Gasteiger partial charge in [-0.1, -0.05) is 18.2 Å². The molecule has 0 unspecified atom stereocenters. The minimum atomic E-state index is -0.775. The Balaban J connectivity index is 1.54. The fraction of sp³-hybridized carbons (Fsp3) is 0.550. The first-order valence-electron chi connectivity index (χ1n) is 9.46. The maximum absolute atomic E-state index is 12.8. The smallest absolute Gasteiger partial charge is 0.328 e. The van der Waals surface area contributed by atoms with Gasteiger partial charge in [-0.05, 0) is 57.3 Å². The van der Waals surface area contributed by atoms with Crippen molar-refractivity contribution in [3.05, 3.63) is 29.8 Å². The zero-order chi connectivity index (χ0) is 19.6. The number of fused-ring (bicyclic) bond motifs is 1. The van der Waals surface area contributed by atoms with Crippen molar-refractivity contribution < 1.29 is 19.5 Å². The Morgan fingerprint density at radius 3 is 2.56 bits per heavy atom. The molecule has 7 nitrogen and oxygen atoms in total. The molecule has 0 saturated carbocycles. The van der Waals surface area contributed by atoms with Gasteiger partial charge in [0.15, 0.2) is 0 Å². The molecule has 1 saturated heterocycles. The number of carboxylic acids is 1. The van der Waals surface area contributed by atoms with Crippen molar-refractivity contribution in [2.45, 2.75) is 38.5 Å². The number of benzene rings is 1. The molecule has 1 fully saturated rings. The van der Waals surface area contributed by atoms with E-state index in [1.54, 1.807) is 0 Å². The minimum absolute atomic E-state index is 0.160. The molecule has 146 valence electrons. The Morgan fingerprint density at radius 1 is 1.22 bits per heavy atom. The lowest BCUT2D eigenvalue weighted by atomic mass is 9.86. The Labute approximate surface area is 159 Å². The third-order valence-electron chi connectivity index (χ3n) is 5.65. The summed E-state index contributed by atoms with van der Waals surface area (Å²) in [6.07, 6.45) is 1.99. The van der Waals surface area contributed by atoms with E-state index in [0.29, 0.717) is 24.7 Å². The lowest BCUT2D eigenvalue weighted by Gasteiger charge is -2.32. The zero-order valence-electron chi connectivity index (χ0n) is 15.9. The number of amides is 3. The molecule has 2 aliphatic heterocycles. The molecule has 1 aromatic carbocycles. The third kappa shape index (κ3) is 3.98. The normalized spacial score (nSPS) is 19.8. The first-order chi connectivity index (χ1) is 12.8. The van der Waals surface area contributed by atoms with Crippen LogP contribution in [0.2, 0.25) is 0 Å². The number of carbonyl (C=O) groups is 3. The van der Waals surface area contributed by atoms with Gasteiger partial charge >= 0.3 is 12.0 Å². The summed E-state index contributed by atoms with van der Waals surface area (Å²) in [5.74, 6) is -0.636. The summed E-state index contributed by atoms with van der Waals surface area (Å²) in [5, 5.41) is 11.7. The number of carbonyl (C=O) groups excluding carboxylic acids is 2. The maximum Gasteiger partial charge on any atom is 0.328 e. The molecule has 2 aliphatic rings. The molecule has 27 heavy (non-hydrogen) atoms. The molecule has 0 radical (unpaired) electrons. The van der Waals surface area contributed by atoms with Gasteiger partial charge in [-0.25, -0.2) is 9.69 Å². The summed E-state index contributed by atoms with van der Waals surface area (Å²) in [6.45, 7) is 6.46. The minimum Gasteiger partial charge on any atom is -0.481 e. The highest BCUT2D eigenvalue weighted by atomic mass is 16.4. The highest BCUT2D eigenvalue weighted by Crippen LogP contribution is 2.41. The van der Waals surface area contributed by atoms with Crippen LogP contribution in [0.3, 0.4) is 0 Å². The number of piperidine rings is 1. The van der Waals surface area contributed by atoms with E-state index in [1.807, 2.05) is 38.1 Å². The van der Waals surface area contributed by atoms with Gasteiger partial charge in [0.1, 0.15) is 0 Å². The van der Waals surface area contributed by atoms with Gasteiger partial charge in [-0.15, -0.1) is 0 Å². The highest BCUT2D eigenvalue weighted by molar-refractivity contribution is 6.22. The summed E-state index contributed by atoms with van der Waals surface area (Å²) in [5.41, 5.74) is 0.828. The van der Waals surface area contributed by atoms with Crippen LogP contribution in [0, 0.1) is 5.92 Å². The molecule has 7 heteroatoms. The van der Waals surface area contributed by atoms with Crippen LogP contribution in [0.5, 0.6) is 0 Å². The number of anilines is 1. The standard InChI is InChI=1S/C20H27N3O4/c1-20(2)15-5-3-4-6-16(15)23(18(20)26)19(27)21-13-14-7-10-22(11-8-14)12-9-17(24)25/h3-6,14H,7-13H2,1-2H3,(H,21,27)(H,24,25). The van der Waals surface area contributed by atoms with Crippen LogP contribution in [-0.4, -0.2) is 54.1 Å². The molecular weight excluding hydrogens is 346 g/mol. The van der Waals surface area contributed by atoms with Crippen LogP contribution in [0.25, 0.3) is 0 Å². The van der Waals surface area contributed by atoms with Crippen LogP contribution >= 0.6 is 0 Å². The van der Waals surface area contributed by atoms with Gasteiger partial charge in [-0.3, -0.25) is 9.59 Å². The maximum atomic E-state index is 12.8. The Morgan fingerprint density at radius 2 is 1.89 bits per heavy atom. The van der Waals surface area contributed by atoms with Crippen molar-refractivity contribution in [2.24, 2.45) is 5.92 Å². The molecule has 2 N–H and O–H groups in total. The van der Waals surface area contributed by atoms with Crippen molar-refractivity contribution in [3.8, 4) is 0 Å². The monoisotopic (exact) mass is 373 g/mol. The number of hydrogen-bond donors (Lipinski definition) is 2. The van der Waals surface area contributed by atoms with Gasteiger partial charge in [0, 0.05) is 13.1 Å². The zero-order valence-corrected chi connectivity index (χ0v) is 15.9. The number of carboxylic acid groups (broad SMARTS) is 1. The summed E-state index contributed by atoms with van der Waals surface area (Å²) in [6, 6.07) is 7.05. The average Bonchev–Trinajstić information content (AvgIpc) is 2.85. The fourth-order valence-electron chi connectivity index (χ4n) is 3.88. The van der Waals surface area contributed by atoms with Gasteiger partial charge in [0.2, 0.25) is 5.91 Å². The highest BCUT2D eigenvalue weighted by Gasteiger charge is 2.46. The predicted molar refractivity (Wildman–Crippen MR) is 102 cm³/mol. The second-order valence-electron chi connectivity index (χ2n) is 7.90. The van der Waals surface area contributed by atoms with E-state index in [1.165, 1.54) is 4.90 Å². The Bertz CT molecular complexity index is 738. The first kappa shape index (κ1) is 19.4. The second kappa shape index (κ2) is 7.68. The van der Waals surface area contributed by atoms with Crippen LogP contribution in [0.1, 0.15) is 38.7 Å². The summed E-state index contributed by atoms with van der Waals surface area (Å²) in [7, 11) is 0. The molecule has 3 amide bonds. The molecule has 0 bridgehead atoms. The molecule has 0 aliphatic carbocycles. The molecule has 0 spiro atoms. The predicted octanol–water partition coefficient (Wildman–Crippen LogP) is 2.21. The van der Waals surface area contributed by atoms with E-state index in [-0.39, 0.29) is 18.4 Å². The number of nitrogens with one attached hydrogen (secondary N) is 1. The Kier molecular flexibility index (Phi) is 5.51. The topological polar surface area (TPSA) is 90.0 Å². The fourth-order valence-corrected chi connectivity index (χ4v) is 3.88. The Hall–Kier alpha value is -2.41. The third-order valence-corrected chi connectivity index (χ3v) is 5.65. The summed E-state index contributed by atoms with van der Waals surface area (Å²) in [4.78, 5) is 39.5. The van der Waals surface area contributed by atoms with Crippen molar-refractivity contribution in [2.75, 3.05) is 31.1 Å². The number of urea groups is 1. The van der Waals surface area contributed by atoms with E-state index in [4.69, 9.17) is 5.11 Å². The molecular formula is C20H27N3O4. The average molecular weight is 373 g/mol. The molecule has 0 aromatic heterocycles. The van der Waals surface area contributed by atoms with Gasteiger partial charge in [-0.2, -0.15) is 0 Å². The van der Waals surface area contributed by atoms with Gasteiger partial charge in [0.05, 0.1) is 17.5 Å². The molecule has 3 rings (SSSR count). The van der Waals surface area contributed by atoms with Crippen molar-refractivity contribution >= 4 is 23.6 Å². The number of imide groups is 1. The largest absolute Gasteiger partial charge is 0.481 e. The number of aliphatic carboxylic acids is 1. The van der Waals surface area contributed by atoms with Crippen LogP contribution in [0.4, 0.5) is 10.5 Å². The van der Waals surface area contributed by atoms with Gasteiger partial charge in [0.25, 0.3) is 0 Å². The number of likely N-dealkylation sites (tertiary alicyclic amines) is 1. The second-order valence-corrected chi connectivity index (χ2v) is 7.90. The van der Waals surface area contributed by atoms with E-state index >= 15 is 0 Å². The van der Waals surface area contributed by atoms with E-state index < -0.39 is 11.4 Å². The first-order valence-corrected chi connectivity index (χ1v) is 9.46. The van der Waals surface area contributed by atoms with Gasteiger partial charge < -0.3 is 15.3 Å². The SMILES string of the molecule is CC1(C)C(=O)N(C(=O)NCC2CCN(CCC(=O)O)CC2)c2ccccc21. The number of rotatable bonds is 5. The molecule has 1 aromatic rings. The van der Waals surface area contributed by atoms with Crippen molar-refractivity contribution in [1.82, 2.24) is 10.2 Å². The lowest BCUT2D eigenvalue weighted by Crippen LogP contribution is -2.47. The quantitative estimate of drug-likeness (QED) is 0.826. The summed E-state index contributed by atoms with van der Waals surface area (Å²) >= 11 is 0. The number of hydrogen-bond acceptors (Lipinski definition) is 4. The molecule has 2 heterocycles.